The second-order valence-corrected chi connectivity index (χ2v) is 4.06. The van der Waals surface area contributed by atoms with Gasteiger partial charge in [0.05, 0.1) is 18.8 Å². The topological polar surface area (TPSA) is 32.7 Å². The lowest BCUT2D eigenvalue weighted by Gasteiger charge is -2.36. The van der Waals surface area contributed by atoms with Crippen LogP contribution in [0.15, 0.2) is 0 Å². The third-order valence-electron chi connectivity index (χ3n) is 3.10. The van der Waals surface area contributed by atoms with Gasteiger partial charge in [0.15, 0.2) is 0 Å². The molecule has 2 fully saturated rings. The molecule has 1 N–H and O–H groups in total. The van der Waals surface area contributed by atoms with E-state index in [1.54, 1.807) is 0 Å². The predicted molar refractivity (Wildman–Crippen MR) is 50.6 cm³/mol. The number of aliphatic hydroxyl groups is 1. The van der Waals surface area contributed by atoms with E-state index in [-0.39, 0.29) is 12.1 Å². The second kappa shape index (κ2) is 3.95. The molecule has 2 aliphatic rings. The number of hydrogen-bond acceptors (Lipinski definition) is 3. The Bertz CT molecular complexity index is 170. The van der Waals surface area contributed by atoms with Crippen molar-refractivity contribution in [1.29, 1.82) is 0 Å². The highest BCUT2D eigenvalue weighted by molar-refractivity contribution is 4.91. The van der Waals surface area contributed by atoms with Crippen LogP contribution in [0.2, 0.25) is 0 Å². The second-order valence-electron chi connectivity index (χ2n) is 4.06. The maximum absolute atomic E-state index is 9.83. The van der Waals surface area contributed by atoms with Gasteiger partial charge in [0, 0.05) is 12.6 Å². The molecule has 3 heteroatoms. The summed E-state index contributed by atoms with van der Waals surface area (Å²) in [6.45, 7) is 4.64. The minimum Gasteiger partial charge on any atom is -0.391 e. The Morgan fingerprint density at radius 2 is 2.15 bits per heavy atom. The van der Waals surface area contributed by atoms with Crippen molar-refractivity contribution in [3.05, 3.63) is 0 Å². The molecule has 1 saturated heterocycles. The average Bonchev–Trinajstić information content (AvgIpc) is 2.93. The Balaban J connectivity index is 1.94. The largest absolute Gasteiger partial charge is 0.391 e. The Morgan fingerprint density at radius 1 is 1.38 bits per heavy atom. The van der Waals surface area contributed by atoms with E-state index in [0.29, 0.717) is 6.61 Å². The van der Waals surface area contributed by atoms with Gasteiger partial charge in [-0.05, 0) is 25.8 Å². The fraction of sp³-hybridized carbons (Fsp3) is 1.00. The molecule has 0 aromatic carbocycles. The molecular weight excluding hydrogens is 166 g/mol. The highest BCUT2D eigenvalue weighted by atomic mass is 16.5. The molecule has 2 rings (SSSR count). The number of nitrogens with zero attached hydrogens (tertiary/aromatic N) is 1. The summed E-state index contributed by atoms with van der Waals surface area (Å²) in [5.41, 5.74) is 0. The Morgan fingerprint density at radius 3 is 2.69 bits per heavy atom. The third-order valence-corrected chi connectivity index (χ3v) is 3.10. The number of aliphatic hydroxyl groups excluding tert-OH is 1. The Kier molecular flexibility index (Phi) is 2.86. The molecule has 0 spiro atoms. The lowest BCUT2D eigenvalue weighted by molar-refractivity contribution is -0.0625. The summed E-state index contributed by atoms with van der Waals surface area (Å²) in [7, 11) is 0. The first-order chi connectivity index (χ1) is 6.33. The molecule has 0 aromatic rings. The van der Waals surface area contributed by atoms with Crippen molar-refractivity contribution in [3.63, 3.8) is 0 Å². The standard InChI is InChI=1S/C10H19NO2/c1-2-11(8-3-4-8)9-7-13-6-5-10(9)12/h8-10,12H,2-7H2,1H3. The monoisotopic (exact) mass is 185 g/mol. The molecule has 1 aliphatic carbocycles. The van der Waals surface area contributed by atoms with Crippen LogP contribution in [-0.4, -0.2) is 48.0 Å². The van der Waals surface area contributed by atoms with E-state index < -0.39 is 0 Å². The predicted octanol–water partition coefficient (Wildman–Crippen LogP) is 0.620. The number of hydrogen-bond donors (Lipinski definition) is 1. The van der Waals surface area contributed by atoms with Gasteiger partial charge in [0.2, 0.25) is 0 Å². The zero-order valence-electron chi connectivity index (χ0n) is 8.28. The van der Waals surface area contributed by atoms with Gasteiger partial charge in [-0.1, -0.05) is 6.92 Å². The minimum absolute atomic E-state index is 0.172. The van der Waals surface area contributed by atoms with Gasteiger partial charge >= 0.3 is 0 Å². The SMILES string of the molecule is CCN(C1CC1)C1COCCC1O. The van der Waals surface area contributed by atoms with E-state index in [9.17, 15) is 5.11 Å². The third kappa shape index (κ3) is 2.03. The smallest absolute Gasteiger partial charge is 0.0739 e. The van der Waals surface area contributed by atoms with Crippen LogP contribution < -0.4 is 0 Å². The van der Waals surface area contributed by atoms with Gasteiger partial charge in [-0.3, -0.25) is 4.90 Å². The highest BCUT2D eigenvalue weighted by Crippen LogP contribution is 2.30. The normalized spacial score (nSPS) is 35.3. The molecule has 3 nitrogen and oxygen atoms in total. The van der Waals surface area contributed by atoms with Crippen LogP contribution in [0.3, 0.4) is 0 Å². The first-order valence-corrected chi connectivity index (χ1v) is 5.34. The van der Waals surface area contributed by atoms with Crippen molar-refractivity contribution >= 4 is 0 Å². The van der Waals surface area contributed by atoms with Gasteiger partial charge in [0.1, 0.15) is 0 Å². The zero-order chi connectivity index (χ0) is 9.26. The van der Waals surface area contributed by atoms with E-state index >= 15 is 0 Å². The van der Waals surface area contributed by atoms with Crippen molar-refractivity contribution in [2.75, 3.05) is 19.8 Å². The van der Waals surface area contributed by atoms with Crippen molar-refractivity contribution in [2.24, 2.45) is 0 Å². The fourth-order valence-electron chi connectivity index (χ4n) is 2.20. The van der Waals surface area contributed by atoms with E-state index in [1.165, 1.54) is 12.8 Å². The molecule has 1 heterocycles. The molecule has 0 amide bonds. The van der Waals surface area contributed by atoms with E-state index in [1.807, 2.05) is 0 Å². The summed E-state index contributed by atoms with van der Waals surface area (Å²) in [6, 6.07) is 0.984. The maximum Gasteiger partial charge on any atom is 0.0739 e. The van der Waals surface area contributed by atoms with Crippen LogP contribution >= 0.6 is 0 Å². The number of rotatable bonds is 3. The van der Waals surface area contributed by atoms with E-state index in [4.69, 9.17) is 4.74 Å². The summed E-state index contributed by atoms with van der Waals surface area (Å²) in [4.78, 5) is 2.41. The number of likely N-dealkylation sites (N-methyl/N-ethyl adjacent to an activating group) is 1. The van der Waals surface area contributed by atoms with Crippen LogP contribution in [0.25, 0.3) is 0 Å². The van der Waals surface area contributed by atoms with Gasteiger partial charge in [0.25, 0.3) is 0 Å². The molecular formula is C10H19NO2. The zero-order valence-corrected chi connectivity index (χ0v) is 8.28. The highest BCUT2D eigenvalue weighted by Gasteiger charge is 2.37. The van der Waals surface area contributed by atoms with Crippen molar-refractivity contribution in [2.45, 2.75) is 44.4 Å². The summed E-state index contributed by atoms with van der Waals surface area (Å²) in [5.74, 6) is 0. The van der Waals surface area contributed by atoms with Crippen LogP contribution in [0, 0.1) is 0 Å². The molecule has 0 aromatic heterocycles. The van der Waals surface area contributed by atoms with Gasteiger partial charge in [-0.2, -0.15) is 0 Å². The summed E-state index contributed by atoms with van der Waals surface area (Å²) in [6.07, 6.45) is 3.23. The first-order valence-electron chi connectivity index (χ1n) is 5.34. The van der Waals surface area contributed by atoms with Crippen LogP contribution in [0.5, 0.6) is 0 Å². The minimum atomic E-state index is -0.172. The van der Waals surface area contributed by atoms with E-state index in [0.717, 1.165) is 25.6 Å². The van der Waals surface area contributed by atoms with E-state index in [2.05, 4.69) is 11.8 Å². The van der Waals surface area contributed by atoms with Crippen LogP contribution in [0.1, 0.15) is 26.2 Å². The summed E-state index contributed by atoms with van der Waals surface area (Å²) >= 11 is 0. The average molecular weight is 185 g/mol. The molecule has 2 atom stereocenters. The molecule has 13 heavy (non-hydrogen) atoms. The van der Waals surface area contributed by atoms with Crippen molar-refractivity contribution in [3.8, 4) is 0 Å². The molecule has 76 valence electrons. The summed E-state index contributed by atoms with van der Waals surface area (Å²) in [5, 5.41) is 9.83. The number of ether oxygens (including phenoxy) is 1. The quantitative estimate of drug-likeness (QED) is 0.699. The van der Waals surface area contributed by atoms with Gasteiger partial charge in [-0.15, -0.1) is 0 Å². The molecule has 2 unspecified atom stereocenters. The molecule has 1 saturated carbocycles. The van der Waals surface area contributed by atoms with Gasteiger partial charge in [-0.25, -0.2) is 0 Å². The molecule has 0 radical (unpaired) electrons. The fourth-order valence-corrected chi connectivity index (χ4v) is 2.20. The molecule has 1 aliphatic heterocycles. The lowest BCUT2D eigenvalue weighted by atomic mass is 10.0. The van der Waals surface area contributed by atoms with Crippen LogP contribution in [-0.2, 0) is 4.74 Å². The first kappa shape index (κ1) is 9.44. The summed E-state index contributed by atoms with van der Waals surface area (Å²) < 4.78 is 5.41. The van der Waals surface area contributed by atoms with Crippen LogP contribution in [0.4, 0.5) is 0 Å². The Labute approximate surface area is 79.7 Å². The van der Waals surface area contributed by atoms with Crippen molar-refractivity contribution < 1.29 is 9.84 Å². The van der Waals surface area contributed by atoms with Crippen molar-refractivity contribution in [1.82, 2.24) is 4.90 Å². The van der Waals surface area contributed by atoms with Gasteiger partial charge < -0.3 is 9.84 Å². The molecule has 0 bridgehead atoms. The lowest BCUT2D eigenvalue weighted by Crippen LogP contribution is -2.50. The Hall–Kier alpha value is -0.120. The maximum atomic E-state index is 9.83.